The summed E-state index contributed by atoms with van der Waals surface area (Å²) >= 11 is 18.5. The number of benzene rings is 3. The molecule has 0 aromatic heterocycles. The van der Waals surface area contributed by atoms with Gasteiger partial charge in [0.05, 0.1) is 10.0 Å². The van der Waals surface area contributed by atoms with Gasteiger partial charge in [-0.25, -0.2) is 0 Å². The van der Waals surface area contributed by atoms with Gasteiger partial charge >= 0.3 is 0 Å². The predicted octanol–water partition coefficient (Wildman–Crippen LogP) is 6.89. The van der Waals surface area contributed by atoms with E-state index < -0.39 is 6.04 Å². The number of hydrogen-bond donors (Lipinski definition) is 1. The van der Waals surface area contributed by atoms with Crippen molar-refractivity contribution in [2.45, 2.75) is 52.2 Å². The Hall–Kier alpha value is -2.73. The van der Waals surface area contributed by atoms with Crippen LogP contribution in [0.3, 0.4) is 0 Å². The third kappa shape index (κ3) is 8.39. The molecule has 0 radical (unpaired) electrons. The van der Waals surface area contributed by atoms with Crippen LogP contribution in [0.2, 0.25) is 15.1 Å². The number of halogens is 3. The third-order valence-corrected chi connectivity index (χ3v) is 7.26. The fourth-order valence-corrected chi connectivity index (χ4v) is 4.20. The molecule has 0 saturated carbocycles. The summed E-state index contributed by atoms with van der Waals surface area (Å²) in [6.45, 7) is 5.71. The summed E-state index contributed by atoms with van der Waals surface area (Å²) in [6, 6.07) is 19.2. The summed E-state index contributed by atoms with van der Waals surface area (Å²) < 4.78 is 5.82. The van der Waals surface area contributed by atoms with Gasteiger partial charge in [0.2, 0.25) is 5.91 Å². The van der Waals surface area contributed by atoms with E-state index in [4.69, 9.17) is 39.5 Å². The first-order chi connectivity index (χ1) is 17.7. The molecule has 0 heterocycles. The van der Waals surface area contributed by atoms with Crippen LogP contribution in [-0.4, -0.2) is 35.4 Å². The van der Waals surface area contributed by atoms with E-state index in [1.165, 1.54) is 0 Å². The second-order valence-corrected chi connectivity index (χ2v) is 10.2. The minimum Gasteiger partial charge on any atom is -0.484 e. The predicted molar refractivity (Wildman–Crippen MR) is 151 cm³/mol. The smallest absolute Gasteiger partial charge is 0.261 e. The highest BCUT2D eigenvalue weighted by Crippen LogP contribution is 2.25. The summed E-state index contributed by atoms with van der Waals surface area (Å²) in [5.74, 6) is -0.0405. The van der Waals surface area contributed by atoms with Crippen LogP contribution < -0.4 is 10.1 Å². The van der Waals surface area contributed by atoms with Crippen LogP contribution in [0.1, 0.15) is 37.0 Å². The van der Waals surface area contributed by atoms with E-state index in [0.717, 1.165) is 23.1 Å². The van der Waals surface area contributed by atoms with Gasteiger partial charge in [0, 0.05) is 24.0 Å². The molecule has 3 rings (SSSR count). The quantitative estimate of drug-likeness (QED) is 0.277. The molecule has 37 heavy (non-hydrogen) atoms. The molecule has 0 bridgehead atoms. The zero-order valence-corrected chi connectivity index (χ0v) is 23.4. The van der Waals surface area contributed by atoms with E-state index in [1.54, 1.807) is 41.3 Å². The summed E-state index contributed by atoms with van der Waals surface area (Å²) in [5.41, 5.74) is 2.53. The van der Waals surface area contributed by atoms with Gasteiger partial charge in [0.15, 0.2) is 6.61 Å². The molecule has 3 aromatic rings. The molecule has 2 amide bonds. The maximum atomic E-state index is 13.7. The van der Waals surface area contributed by atoms with E-state index in [0.29, 0.717) is 27.2 Å². The zero-order chi connectivity index (χ0) is 26.9. The molecule has 2 atom stereocenters. The maximum Gasteiger partial charge on any atom is 0.261 e. The van der Waals surface area contributed by atoms with E-state index in [9.17, 15) is 9.59 Å². The van der Waals surface area contributed by atoms with Crippen molar-refractivity contribution in [3.63, 3.8) is 0 Å². The molecular formula is C29H31Cl3N2O3. The van der Waals surface area contributed by atoms with Crippen molar-refractivity contribution in [1.82, 2.24) is 10.2 Å². The lowest BCUT2D eigenvalue weighted by atomic mass is 10.0. The van der Waals surface area contributed by atoms with Gasteiger partial charge in [-0.2, -0.15) is 0 Å². The number of hydrogen-bond acceptors (Lipinski definition) is 3. The number of rotatable bonds is 11. The third-order valence-electron chi connectivity index (χ3n) is 6.10. The van der Waals surface area contributed by atoms with Gasteiger partial charge in [-0.15, -0.1) is 0 Å². The number of amides is 2. The van der Waals surface area contributed by atoms with Crippen molar-refractivity contribution in [2.75, 3.05) is 6.61 Å². The van der Waals surface area contributed by atoms with Crippen molar-refractivity contribution < 1.29 is 14.3 Å². The van der Waals surface area contributed by atoms with Crippen molar-refractivity contribution in [1.29, 1.82) is 0 Å². The Labute approximate surface area is 233 Å². The van der Waals surface area contributed by atoms with E-state index in [1.807, 2.05) is 51.1 Å². The molecule has 2 unspecified atom stereocenters. The Morgan fingerprint density at radius 2 is 1.62 bits per heavy atom. The molecule has 0 aliphatic heterocycles. The highest BCUT2D eigenvalue weighted by atomic mass is 35.5. The molecule has 5 nitrogen and oxygen atoms in total. The standard InChI is InChI=1S/C29H31Cl3N2O3/c1-4-20(3)33-29(36)27(16-21-8-6-5-7-9-21)34(17-22-10-12-25(31)26(32)15-22)28(35)18-37-23-11-13-24(30)19(2)14-23/h5-15,20,27H,4,16-18H2,1-3H3,(H,33,36). The second-order valence-electron chi connectivity index (χ2n) is 8.99. The van der Waals surface area contributed by atoms with Gasteiger partial charge in [0.1, 0.15) is 11.8 Å². The molecule has 196 valence electrons. The fourth-order valence-electron chi connectivity index (χ4n) is 3.76. The zero-order valence-electron chi connectivity index (χ0n) is 21.1. The Balaban J connectivity index is 1.93. The van der Waals surface area contributed by atoms with Crippen molar-refractivity contribution in [2.24, 2.45) is 0 Å². The van der Waals surface area contributed by atoms with Gasteiger partial charge in [-0.05, 0) is 67.3 Å². The first-order valence-corrected chi connectivity index (χ1v) is 13.3. The summed E-state index contributed by atoms with van der Waals surface area (Å²) in [4.78, 5) is 28.7. The normalized spacial score (nSPS) is 12.5. The van der Waals surface area contributed by atoms with Gasteiger partial charge in [-0.3, -0.25) is 9.59 Å². The molecule has 0 aliphatic rings. The van der Waals surface area contributed by atoms with Crippen LogP contribution >= 0.6 is 34.8 Å². The van der Waals surface area contributed by atoms with Crippen molar-refractivity contribution >= 4 is 46.6 Å². The lowest BCUT2D eigenvalue weighted by Gasteiger charge is -2.32. The average Bonchev–Trinajstić information content (AvgIpc) is 2.89. The van der Waals surface area contributed by atoms with Crippen LogP contribution in [0.5, 0.6) is 5.75 Å². The lowest BCUT2D eigenvalue weighted by molar-refractivity contribution is -0.143. The Morgan fingerprint density at radius 1 is 0.919 bits per heavy atom. The SMILES string of the molecule is CCC(C)NC(=O)C(Cc1ccccc1)N(Cc1ccc(Cl)c(Cl)c1)C(=O)COc1ccc(Cl)c(C)c1. The molecule has 8 heteroatoms. The molecule has 0 aliphatic carbocycles. The highest BCUT2D eigenvalue weighted by molar-refractivity contribution is 6.42. The highest BCUT2D eigenvalue weighted by Gasteiger charge is 2.31. The van der Waals surface area contributed by atoms with Gasteiger partial charge < -0.3 is 15.0 Å². The van der Waals surface area contributed by atoms with Gasteiger partial charge in [-0.1, -0.05) is 78.1 Å². The first kappa shape index (κ1) is 28.8. The number of carbonyl (C=O) groups is 2. The summed E-state index contributed by atoms with van der Waals surface area (Å²) in [7, 11) is 0. The summed E-state index contributed by atoms with van der Waals surface area (Å²) in [5, 5.41) is 4.45. The average molecular weight is 562 g/mol. The Kier molecular flexibility index (Phi) is 10.7. The monoisotopic (exact) mass is 560 g/mol. The van der Waals surface area contributed by atoms with Crippen LogP contribution in [0.25, 0.3) is 0 Å². The minimum atomic E-state index is -0.770. The van der Waals surface area contributed by atoms with Crippen molar-refractivity contribution in [3.05, 3.63) is 98.5 Å². The number of nitrogens with one attached hydrogen (secondary N) is 1. The molecule has 1 N–H and O–H groups in total. The molecule has 0 saturated heterocycles. The van der Waals surface area contributed by atoms with Crippen LogP contribution in [-0.2, 0) is 22.6 Å². The van der Waals surface area contributed by atoms with Crippen molar-refractivity contribution in [3.8, 4) is 5.75 Å². The molecular weight excluding hydrogens is 531 g/mol. The molecule has 0 fully saturated rings. The fraction of sp³-hybridized carbons (Fsp3) is 0.310. The number of ether oxygens (including phenoxy) is 1. The minimum absolute atomic E-state index is 0.0407. The van der Waals surface area contributed by atoms with E-state index >= 15 is 0 Å². The van der Waals surface area contributed by atoms with E-state index in [2.05, 4.69) is 5.32 Å². The number of carbonyl (C=O) groups excluding carboxylic acids is 2. The summed E-state index contributed by atoms with van der Waals surface area (Å²) in [6.07, 6.45) is 1.11. The van der Waals surface area contributed by atoms with Gasteiger partial charge in [0.25, 0.3) is 5.91 Å². The Morgan fingerprint density at radius 3 is 2.27 bits per heavy atom. The second kappa shape index (κ2) is 13.7. The first-order valence-electron chi connectivity index (χ1n) is 12.1. The number of aryl methyl sites for hydroxylation is 1. The van der Waals surface area contributed by atoms with E-state index in [-0.39, 0.29) is 31.0 Å². The maximum absolute atomic E-state index is 13.7. The molecule has 0 spiro atoms. The largest absolute Gasteiger partial charge is 0.484 e. The van der Waals surface area contributed by atoms with Crippen LogP contribution in [0.15, 0.2) is 66.7 Å². The topological polar surface area (TPSA) is 58.6 Å². The van der Waals surface area contributed by atoms with Crippen LogP contribution in [0, 0.1) is 6.92 Å². The van der Waals surface area contributed by atoms with Crippen LogP contribution in [0.4, 0.5) is 0 Å². The Bertz CT molecular complexity index is 1220. The molecule has 3 aromatic carbocycles. The number of nitrogens with zero attached hydrogens (tertiary/aromatic N) is 1. The lowest BCUT2D eigenvalue weighted by Crippen LogP contribution is -2.53.